The maximum atomic E-state index is 8.64. The molecule has 0 unspecified atom stereocenters. The van der Waals surface area contributed by atoms with E-state index in [0.717, 1.165) is 12.4 Å². The lowest BCUT2D eigenvalue weighted by molar-refractivity contribution is 0.727. The number of aromatic nitrogens is 1. The molecule has 3 heteroatoms. The zero-order chi connectivity index (χ0) is 9.97. The summed E-state index contributed by atoms with van der Waals surface area (Å²) in [6.07, 6.45) is 4.12. The molecule has 0 bridgehead atoms. The van der Waals surface area contributed by atoms with Crippen molar-refractivity contribution in [1.82, 2.24) is 4.98 Å². The van der Waals surface area contributed by atoms with Crippen LogP contribution in [-0.2, 0) is 0 Å². The van der Waals surface area contributed by atoms with Crippen molar-refractivity contribution >= 4 is 5.82 Å². The Morgan fingerprint density at radius 1 is 1.57 bits per heavy atom. The molecule has 0 aliphatic carbocycles. The van der Waals surface area contributed by atoms with E-state index in [-0.39, 0.29) is 0 Å². The molecule has 1 aromatic heterocycles. The number of hydrogen-bond acceptors (Lipinski definition) is 3. The highest BCUT2D eigenvalue weighted by molar-refractivity contribution is 5.43. The first-order chi connectivity index (χ1) is 6.81. The predicted octanol–water partition coefficient (Wildman–Crippen LogP) is 1.94. The molecule has 0 spiro atoms. The zero-order valence-corrected chi connectivity index (χ0v) is 8.27. The van der Waals surface area contributed by atoms with E-state index in [1.807, 2.05) is 12.1 Å². The minimum atomic E-state index is 0.579. The van der Waals surface area contributed by atoms with Crippen molar-refractivity contribution in [2.75, 3.05) is 11.4 Å². The van der Waals surface area contributed by atoms with Crippen LogP contribution in [0.1, 0.15) is 25.3 Å². The van der Waals surface area contributed by atoms with E-state index in [9.17, 15) is 0 Å². The molecular weight excluding hydrogens is 174 g/mol. The van der Waals surface area contributed by atoms with Crippen molar-refractivity contribution in [2.45, 2.75) is 25.8 Å². The molecule has 0 amide bonds. The van der Waals surface area contributed by atoms with Gasteiger partial charge in [0.1, 0.15) is 11.9 Å². The van der Waals surface area contributed by atoms with Crippen molar-refractivity contribution in [3.05, 3.63) is 23.9 Å². The summed E-state index contributed by atoms with van der Waals surface area (Å²) in [6.45, 7) is 3.30. The molecule has 2 heterocycles. The number of nitriles is 1. The van der Waals surface area contributed by atoms with Crippen LogP contribution < -0.4 is 4.90 Å². The van der Waals surface area contributed by atoms with Gasteiger partial charge in [-0.3, -0.25) is 0 Å². The Hall–Kier alpha value is -1.56. The van der Waals surface area contributed by atoms with Gasteiger partial charge in [-0.15, -0.1) is 0 Å². The van der Waals surface area contributed by atoms with E-state index in [1.54, 1.807) is 6.20 Å². The van der Waals surface area contributed by atoms with Gasteiger partial charge in [0.25, 0.3) is 0 Å². The largest absolute Gasteiger partial charge is 0.354 e. The fourth-order valence-electron chi connectivity index (χ4n) is 1.90. The minimum absolute atomic E-state index is 0.579. The topological polar surface area (TPSA) is 39.9 Å². The van der Waals surface area contributed by atoms with Gasteiger partial charge in [-0.1, -0.05) is 0 Å². The van der Waals surface area contributed by atoms with Gasteiger partial charge in [0.2, 0.25) is 0 Å². The molecule has 14 heavy (non-hydrogen) atoms. The van der Waals surface area contributed by atoms with Gasteiger partial charge >= 0.3 is 0 Å². The van der Waals surface area contributed by atoms with Gasteiger partial charge in [0, 0.05) is 18.8 Å². The summed E-state index contributed by atoms with van der Waals surface area (Å²) in [5.41, 5.74) is 0.626. The van der Waals surface area contributed by atoms with Gasteiger partial charge in [0.15, 0.2) is 0 Å². The molecule has 0 radical (unpaired) electrons. The predicted molar refractivity (Wildman–Crippen MR) is 55.0 cm³/mol. The van der Waals surface area contributed by atoms with Crippen molar-refractivity contribution in [3.63, 3.8) is 0 Å². The van der Waals surface area contributed by atoms with Crippen LogP contribution in [0.15, 0.2) is 18.3 Å². The lowest BCUT2D eigenvalue weighted by atomic mass is 10.2. The van der Waals surface area contributed by atoms with E-state index in [1.165, 1.54) is 12.8 Å². The summed E-state index contributed by atoms with van der Waals surface area (Å²) in [6, 6.07) is 6.41. The highest BCUT2D eigenvalue weighted by Crippen LogP contribution is 2.22. The normalized spacial score (nSPS) is 20.9. The SMILES string of the molecule is C[C@@H]1CCCN1c1ccc(C#N)cn1. The van der Waals surface area contributed by atoms with Gasteiger partial charge in [0.05, 0.1) is 5.56 Å². The average molecular weight is 187 g/mol. The molecule has 1 atom stereocenters. The average Bonchev–Trinajstić information content (AvgIpc) is 2.65. The first-order valence-corrected chi connectivity index (χ1v) is 4.94. The molecule has 0 saturated carbocycles. The number of pyridine rings is 1. The molecule has 3 nitrogen and oxygen atoms in total. The monoisotopic (exact) mass is 187 g/mol. The van der Waals surface area contributed by atoms with Crippen LogP contribution in [0.5, 0.6) is 0 Å². The second kappa shape index (κ2) is 3.67. The van der Waals surface area contributed by atoms with Crippen LogP contribution in [0.4, 0.5) is 5.82 Å². The molecule has 1 aliphatic heterocycles. The summed E-state index contributed by atoms with van der Waals surface area (Å²) in [5.74, 6) is 0.994. The Morgan fingerprint density at radius 3 is 2.93 bits per heavy atom. The Kier molecular flexibility index (Phi) is 2.36. The Morgan fingerprint density at radius 2 is 2.43 bits per heavy atom. The summed E-state index contributed by atoms with van der Waals surface area (Å²) >= 11 is 0. The van der Waals surface area contributed by atoms with Crippen LogP contribution in [0.25, 0.3) is 0 Å². The Balaban J connectivity index is 2.21. The third-order valence-corrected chi connectivity index (χ3v) is 2.72. The zero-order valence-electron chi connectivity index (χ0n) is 8.27. The fraction of sp³-hybridized carbons (Fsp3) is 0.455. The van der Waals surface area contributed by atoms with E-state index in [2.05, 4.69) is 22.9 Å². The summed E-state index contributed by atoms with van der Waals surface area (Å²) < 4.78 is 0. The van der Waals surface area contributed by atoms with Gasteiger partial charge in [-0.05, 0) is 31.9 Å². The molecule has 2 rings (SSSR count). The van der Waals surface area contributed by atoms with Gasteiger partial charge < -0.3 is 4.90 Å². The molecule has 0 N–H and O–H groups in total. The van der Waals surface area contributed by atoms with Crippen LogP contribution in [0.2, 0.25) is 0 Å². The van der Waals surface area contributed by atoms with E-state index in [0.29, 0.717) is 11.6 Å². The summed E-state index contributed by atoms with van der Waals surface area (Å²) in [4.78, 5) is 6.58. The number of anilines is 1. The molecule has 1 aromatic rings. The van der Waals surface area contributed by atoms with Gasteiger partial charge in [-0.25, -0.2) is 4.98 Å². The maximum Gasteiger partial charge on any atom is 0.128 e. The molecule has 0 aromatic carbocycles. The van der Waals surface area contributed by atoms with Crippen molar-refractivity contribution in [1.29, 1.82) is 5.26 Å². The Labute approximate surface area is 84.0 Å². The van der Waals surface area contributed by atoms with E-state index >= 15 is 0 Å². The van der Waals surface area contributed by atoms with Crippen molar-refractivity contribution in [3.8, 4) is 6.07 Å². The second-order valence-corrected chi connectivity index (χ2v) is 3.70. The van der Waals surface area contributed by atoms with E-state index < -0.39 is 0 Å². The third kappa shape index (κ3) is 1.56. The lowest BCUT2D eigenvalue weighted by Gasteiger charge is -2.22. The number of nitrogens with zero attached hydrogens (tertiary/aromatic N) is 3. The smallest absolute Gasteiger partial charge is 0.128 e. The first kappa shape index (κ1) is 9.01. The van der Waals surface area contributed by atoms with Crippen LogP contribution >= 0.6 is 0 Å². The molecule has 72 valence electrons. The van der Waals surface area contributed by atoms with Crippen LogP contribution in [0.3, 0.4) is 0 Å². The highest BCUT2D eigenvalue weighted by Gasteiger charge is 2.20. The van der Waals surface area contributed by atoms with Crippen molar-refractivity contribution in [2.24, 2.45) is 0 Å². The van der Waals surface area contributed by atoms with Crippen LogP contribution in [-0.4, -0.2) is 17.6 Å². The Bertz CT molecular complexity index is 350. The quantitative estimate of drug-likeness (QED) is 0.674. The number of rotatable bonds is 1. The second-order valence-electron chi connectivity index (χ2n) is 3.70. The van der Waals surface area contributed by atoms with Gasteiger partial charge in [-0.2, -0.15) is 5.26 Å². The standard InChI is InChI=1S/C11H13N3/c1-9-3-2-6-14(9)11-5-4-10(7-12)8-13-11/h4-5,8-9H,2-3,6H2,1H3/t9-/m1/s1. The number of hydrogen-bond donors (Lipinski definition) is 0. The molecule has 1 saturated heterocycles. The van der Waals surface area contributed by atoms with E-state index in [4.69, 9.17) is 5.26 Å². The molecular formula is C11H13N3. The summed E-state index contributed by atoms with van der Waals surface area (Å²) in [7, 11) is 0. The molecule has 1 aliphatic rings. The molecule has 1 fully saturated rings. The summed E-state index contributed by atoms with van der Waals surface area (Å²) in [5, 5.41) is 8.64. The third-order valence-electron chi connectivity index (χ3n) is 2.72. The van der Waals surface area contributed by atoms with Crippen LogP contribution in [0, 0.1) is 11.3 Å². The lowest BCUT2D eigenvalue weighted by Crippen LogP contribution is -2.26. The minimum Gasteiger partial charge on any atom is -0.354 e. The maximum absolute atomic E-state index is 8.64. The highest BCUT2D eigenvalue weighted by atomic mass is 15.2. The fourth-order valence-corrected chi connectivity index (χ4v) is 1.90. The first-order valence-electron chi connectivity index (χ1n) is 4.94. The van der Waals surface area contributed by atoms with Crippen molar-refractivity contribution < 1.29 is 0 Å².